The maximum Gasteiger partial charge on any atom is 0.257 e. The number of phenols is 1. The summed E-state index contributed by atoms with van der Waals surface area (Å²) in [6.07, 6.45) is 0. The second-order valence-electron chi connectivity index (χ2n) is 2.65. The van der Waals surface area contributed by atoms with Gasteiger partial charge in [0.2, 0.25) is 0 Å². The number of rotatable bonds is 1. The van der Waals surface area contributed by atoms with Gasteiger partial charge >= 0.3 is 0 Å². The van der Waals surface area contributed by atoms with Crippen molar-refractivity contribution in [1.29, 1.82) is 0 Å². The van der Waals surface area contributed by atoms with E-state index in [2.05, 4.69) is 4.99 Å². The first-order valence-corrected chi connectivity index (χ1v) is 4.78. The smallest absolute Gasteiger partial charge is 0.257 e. The molecule has 0 aromatic heterocycles. The van der Waals surface area contributed by atoms with Crippen LogP contribution in [0.4, 0.5) is 0 Å². The molecule has 0 saturated carbocycles. The molecule has 13 heavy (non-hydrogen) atoms. The molecule has 0 bridgehead atoms. The molecule has 4 heteroatoms. The molecule has 3 nitrogen and oxygen atoms in total. The van der Waals surface area contributed by atoms with Gasteiger partial charge in [-0.1, -0.05) is 11.8 Å². The third kappa shape index (κ3) is 1.72. The number of hydrogen-bond donors (Lipinski definition) is 1. The lowest BCUT2D eigenvalue weighted by atomic mass is 10.2. The van der Waals surface area contributed by atoms with E-state index in [4.69, 9.17) is 5.11 Å². The molecule has 1 heterocycles. The number of thioether (sulfide) groups is 1. The first-order chi connectivity index (χ1) is 6.25. The van der Waals surface area contributed by atoms with E-state index in [-0.39, 0.29) is 11.7 Å². The molecule has 0 aliphatic carbocycles. The number of amides is 1. The van der Waals surface area contributed by atoms with Crippen molar-refractivity contribution in [2.75, 3.05) is 5.75 Å². The largest absolute Gasteiger partial charge is 0.508 e. The Morgan fingerprint density at radius 2 is 2.00 bits per heavy atom. The predicted octanol–water partition coefficient (Wildman–Crippen LogP) is 1.41. The average Bonchev–Trinajstić information content (AvgIpc) is 2.53. The first kappa shape index (κ1) is 8.31. The van der Waals surface area contributed by atoms with Crippen molar-refractivity contribution in [2.45, 2.75) is 0 Å². The Bertz CT molecular complexity index is 370. The van der Waals surface area contributed by atoms with Crippen molar-refractivity contribution in [3.8, 4) is 5.75 Å². The van der Waals surface area contributed by atoms with Gasteiger partial charge in [0.1, 0.15) is 10.8 Å². The zero-order valence-corrected chi connectivity index (χ0v) is 7.54. The van der Waals surface area contributed by atoms with Crippen LogP contribution in [-0.2, 0) is 4.79 Å². The van der Waals surface area contributed by atoms with Crippen molar-refractivity contribution >= 4 is 22.7 Å². The second kappa shape index (κ2) is 3.22. The molecule has 1 aliphatic heterocycles. The fourth-order valence-electron chi connectivity index (χ4n) is 1.06. The minimum Gasteiger partial charge on any atom is -0.508 e. The van der Waals surface area contributed by atoms with E-state index in [0.29, 0.717) is 5.75 Å². The summed E-state index contributed by atoms with van der Waals surface area (Å²) in [4.78, 5) is 14.7. The lowest BCUT2D eigenvalue weighted by Crippen LogP contribution is -1.90. The number of benzene rings is 1. The molecule has 1 amide bonds. The third-order valence-electron chi connectivity index (χ3n) is 1.67. The monoisotopic (exact) mass is 193 g/mol. The molecule has 0 saturated heterocycles. The van der Waals surface area contributed by atoms with E-state index in [1.165, 1.54) is 11.8 Å². The summed E-state index contributed by atoms with van der Waals surface area (Å²) in [5.41, 5.74) is 0.883. The van der Waals surface area contributed by atoms with E-state index in [1.807, 2.05) is 0 Å². The first-order valence-electron chi connectivity index (χ1n) is 3.79. The Morgan fingerprint density at radius 3 is 2.54 bits per heavy atom. The van der Waals surface area contributed by atoms with Crippen LogP contribution in [0.3, 0.4) is 0 Å². The van der Waals surface area contributed by atoms with Crippen LogP contribution < -0.4 is 0 Å². The van der Waals surface area contributed by atoms with Gasteiger partial charge in [0.05, 0.1) is 5.75 Å². The number of aliphatic imine (C=N–C) groups is 1. The molecular weight excluding hydrogens is 186 g/mol. The number of carbonyl (C=O) groups is 1. The highest BCUT2D eigenvalue weighted by Gasteiger charge is 2.15. The molecule has 1 aliphatic rings. The normalized spacial score (nSPS) is 16.0. The minimum absolute atomic E-state index is 0.0897. The minimum atomic E-state index is -0.0897. The average molecular weight is 193 g/mol. The highest BCUT2D eigenvalue weighted by Crippen LogP contribution is 2.21. The van der Waals surface area contributed by atoms with Crippen molar-refractivity contribution in [1.82, 2.24) is 0 Å². The van der Waals surface area contributed by atoms with Crippen LogP contribution in [0.2, 0.25) is 0 Å². The van der Waals surface area contributed by atoms with Crippen LogP contribution in [-0.4, -0.2) is 21.8 Å². The lowest BCUT2D eigenvalue weighted by Gasteiger charge is -1.97. The standard InChI is InChI=1S/C9H7NO2S/c11-7-3-1-6(2-4-7)9-10-8(12)5-13-9/h1-4,11H,5H2. The van der Waals surface area contributed by atoms with Gasteiger partial charge in [0, 0.05) is 5.56 Å². The van der Waals surface area contributed by atoms with Crippen molar-refractivity contribution in [3.05, 3.63) is 29.8 Å². The highest BCUT2D eigenvalue weighted by molar-refractivity contribution is 8.15. The van der Waals surface area contributed by atoms with Gasteiger partial charge < -0.3 is 5.11 Å². The number of hydrogen-bond acceptors (Lipinski definition) is 3. The molecular formula is C9H7NO2S. The summed E-state index contributed by atoms with van der Waals surface area (Å²) in [5, 5.41) is 9.78. The van der Waals surface area contributed by atoms with Crippen LogP contribution in [0.1, 0.15) is 5.56 Å². The Labute approximate surface area is 79.5 Å². The molecule has 0 spiro atoms. The van der Waals surface area contributed by atoms with Crippen LogP contribution in [0, 0.1) is 0 Å². The SMILES string of the molecule is O=C1CSC(c2ccc(O)cc2)=N1. The maximum atomic E-state index is 10.8. The van der Waals surface area contributed by atoms with Crippen molar-refractivity contribution < 1.29 is 9.90 Å². The van der Waals surface area contributed by atoms with Crippen molar-refractivity contribution in [2.24, 2.45) is 4.99 Å². The van der Waals surface area contributed by atoms with E-state index in [0.717, 1.165) is 10.6 Å². The summed E-state index contributed by atoms with van der Waals surface area (Å²) in [6, 6.07) is 6.67. The molecule has 0 radical (unpaired) electrons. The lowest BCUT2D eigenvalue weighted by molar-refractivity contribution is -0.115. The van der Waals surface area contributed by atoms with E-state index in [9.17, 15) is 4.79 Å². The van der Waals surface area contributed by atoms with Gasteiger partial charge in [0.25, 0.3) is 5.91 Å². The Balaban J connectivity index is 2.31. The topological polar surface area (TPSA) is 49.7 Å². The fraction of sp³-hybridized carbons (Fsp3) is 0.111. The third-order valence-corrected chi connectivity index (χ3v) is 2.66. The number of aromatic hydroxyl groups is 1. The molecule has 1 aromatic carbocycles. The number of phenolic OH excluding ortho intramolecular Hbond substituents is 1. The summed E-state index contributed by atoms with van der Waals surface area (Å²) < 4.78 is 0. The maximum absolute atomic E-state index is 10.8. The Hall–Kier alpha value is -1.29. The zero-order chi connectivity index (χ0) is 9.26. The van der Waals surface area contributed by atoms with Gasteiger partial charge in [-0.05, 0) is 24.3 Å². The van der Waals surface area contributed by atoms with Crippen molar-refractivity contribution in [3.63, 3.8) is 0 Å². The number of carbonyl (C=O) groups excluding carboxylic acids is 1. The molecule has 0 fully saturated rings. The van der Waals surface area contributed by atoms with E-state index >= 15 is 0 Å². The summed E-state index contributed by atoms with van der Waals surface area (Å²) >= 11 is 1.43. The van der Waals surface area contributed by atoms with E-state index in [1.54, 1.807) is 24.3 Å². The zero-order valence-electron chi connectivity index (χ0n) is 6.73. The predicted molar refractivity (Wildman–Crippen MR) is 52.1 cm³/mol. The molecule has 1 N–H and O–H groups in total. The molecule has 0 atom stereocenters. The molecule has 2 rings (SSSR count). The van der Waals surface area contributed by atoms with Gasteiger partial charge in [-0.15, -0.1) is 0 Å². The van der Waals surface area contributed by atoms with Crippen LogP contribution in [0.5, 0.6) is 5.75 Å². The highest BCUT2D eigenvalue weighted by atomic mass is 32.2. The summed E-state index contributed by atoms with van der Waals surface area (Å²) in [7, 11) is 0. The molecule has 1 aromatic rings. The molecule has 66 valence electrons. The Morgan fingerprint density at radius 1 is 1.31 bits per heavy atom. The quantitative estimate of drug-likeness (QED) is 0.733. The van der Waals surface area contributed by atoms with Gasteiger partial charge in [-0.25, -0.2) is 4.99 Å². The fourth-order valence-corrected chi connectivity index (χ4v) is 1.85. The second-order valence-corrected chi connectivity index (χ2v) is 3.61. The van der Waals surface area contributed by atoms with Crippen LogP contribution in [0.15, 0.2) is 29.3 Å². The van der Waals surface area contributed by atoms with Gasteiger partial charge in [-0.3, -0.25) is 4.79 Å². The summed E-state index contributed by atoms with van der Waals surface area (Å²) in [5.74, 6) is 0.558. The van der Waals surface area contributed by atoms with Gasteiger partial charge in [0.15, 0.2) is 0 Å². The van der Waals surface area contributed by atoms with E-state index < -0.39 is 0 Å². The number of nitrogens with zero attached hydrogens (tertiary/aromatic N) is 1. The van der Waals surface area contributed by atoms with Crippen LogP contribution in [0.25, 0.3) is 0 Å². The Kier molecular flexibility index (Phi) is 2.06. The van der Waals surface area contributed by atoms with Crippen LogP contribution >= 0.6 is 11.8 Å². The summed E-state index contributed by atoms with van der Waals surface area (Å²) in [6.45, 7) is 0. The molecule has 0 unspecified atom stereocenters. The van der Waals surface area contributed by atoms with Gasteiger partial charge in [-0.2, -0.15) is 0 Å².